The zero-order valence-electron chi connectivity index (χ0n) is 12.7. The number of carbonyl (C=O) groups is 1. The second-order valence-corrected chi connectivity index (χ2v) is 7.20. The van der Waals surface area contributed by atoms with Crippen LogP contribution >= 0.6 is 11.8 Å². The largest absolute Gasteiger partial charge is 0.349 e. The number of amides is 1. The van der Waals surface area contributed by atoms with Crippen LogP contribution in [0.25, 0.3) is 0 Å². The number of nitrogens with one attached hydrogen (secondary N) is 2. The zero-order valence-corrected chi connectivity index (χ0v) is 13.5. The minimum Gasteiger partial charge on any atom is -0.349 e. The van der Waals surface area contributed by atoms with Crippen LogP contribution in [0.2, 0.25) is 0 Å². The molecule has 1 fully saturated rings. The van der Waals surface area contributed by atoms with Gasteiger partial charge in [0.15, 0.2) is 0 Å². The third-order valence-corrected chi connectivity index (χ3v) is 5.77. The van der Waals surface area contributed by atoms with Crippen LogP contribution in [0, 0.1) is 0 Å². The van der Waals surface area contributed by atoms with Crippen LogP contribution in [-0.2, 0) is 13.0 Å². The summed E-state index contributed by atoms with van der Waals surface area (Å²) in [6, 6.07) is 6.46. The van der Waals surface area contributed by atoms with Gasteiger partial charge in [0.25, 0.3) is 5.91 Å². The summed E-state index contributed by atoms with van der Waals surface area (Å²) in [5, 5.41) is 7.35. The van der Waals surface area contributed by atoms with Crippen LogP contribution in [-0.4, -0.2) is 30.0 Å². The van der Waals surface area contributed by atoms with Gasteiger partial charge in [0.1, 0.15) is 0 Å². The van der Waals surface area contributed by atoms with E-state index in [1.54, 1.807) is 0 Å². The van der Waals surface area contributed by atoms with Crippen molar-refractivity contribution in [1.29, 1.82) is 0 Å². The molecule has 1 amide bonds. The molecule has 0 aromatic heterocycles. The van der Waals surface area contributed by atoms with Crippen LogP contribution in [0.15, 0.2) is 18.2 Å². The monoisotopic (exact) mass is 304 g/mol. The summed E-state index contributed by atoms with van der Waals surface area (Å²) in [4.78, 5) is 12.6. The molecule has 0 radical (unpaired) electrons. The summed E-state index contributed by atoms with van der Waals surface area (Å²) in [5.41, 5.74) is 3.41. The fraction of sp³-hybridized carbons (Fsp3) is 0.588. The van der Waals surface area contributed by atoms with E-state index in [1.165, 1.54) is 24.0 Å². The fourth-order valence-corrected chi connectivity index (χ4v) is 4.33. The van der Waals surface area contributed by atoms with Gasteiger partial charge < -0.3 is 10.6 Å². The van der Waals surface area contributed by atoms with Crippen molar-refractivity contribution in [2.45, 2.75) is 49.9 Å². The molecule has 0 saturated heterocycles. The lowest BCUT2D eigenvalue weighted by molar-refractivity contribution is 0.0927. The van der Waals surface area contributed by atoms with Crippen LogP contribution in [0.5, 0.6) is 0 Å². The lowest BCUT2D eigenvalue weighted by atomic mass is 9.92. The number of thioether (sulfide) groups is 1. The molecule has 4 heteroatoms. The summed E-state index contributed by atoms with van der Waals surface area (Å²) >= 11 is 1.94. The lowest BCUT2D eigenvalue weighted by Crippen LogP contribution is -2.40. The normalized spacial score (nSPS) is 25.2. The van der Waals surface area contributed by atoms with Crippen molar-refractivity contribution in [1.82, 2.24) is 10.6 Å². The maximum atomic E-state index is 12.6. The van der Waals surface area contributed by atoms with E-state index in [0.717, 1.165) is 37.9 Å². The van der Waals surface area contributed by atoms with E-state index in [1.807, 2.05) is 23.9 Å². The molecule has 3 nitrogen and oxygen atoms in total. The highest BCUT2D eigenvalue weighted by Gasteiger charge is 2.24. The van der Waals surface area contributed by atoms with Crippen molar-refractivity contribution in [2.24, 2.45) is 0 Å². The van der Waals surface area contributed by atoms with Gasteiger partial charge in [-0.3, -0.25) is 4.79 Å². The van der Waals surface area contributed by atoms with Gasteiger partial charge in [-0.25, -0.2) is 0 Å². The van der Waals surface area contributed by atoms with Gasteiger partial charge >= 0.3 is 0 Å². The van der Waals surface area contributed by atoms with Gasteiger partial charge in [0.2, 0.25) is 0 Å². The molecule has 0 spiro atoms. The van der Waals surface area contributed by atoms with Gasteiger partial charge in [0, 0.05) is 23.4 Å². The average Bonchev–Trinajstić information content (AvgIpc) is 2.54. The Hall–Kier alpha value is -1.00. The predicted octanol–water partition coefficient (Wildman–Crippen LogP) is 2.74. The van der Waals surface area contributed by atoms with Crippen molar-refractivity contribution < 1.29 is 4.79 Å². The maximum absolute atomic E-state index is 12.6. The molecule has 1 saturated carbocycles. The topological polar surface area (TPSA) is 41.1 Å². The Kier molecular flexibility index (Phi) is 4.86. The Labute approximate surface area is 131 Å². The molecule has 0 bridgehead atoms. The van der Waals surface area contributed by atoms with Crippen LogP contribution < -0.4 is 10.6 Å². The highest BCUT2D eigenvalue weighted by atomic mass is 32.2. The van der Waals surface area contributed by atoms with Crippen molar-refractivity contribution in [3.05, 3.63) is 34.9 Å². The van der Waals surface area contributed by atoms with Gasteiger partial charge in [-0.2, -0.15) is 11.8 Å². The summed E-state index contributed by atoms with van der Waals surface area (Å²) < 4.78 is 0. The Bertz CT molecular complexity index is 518. The lowest BCUT2D eigenvalue weighted by Gasteiger charge is -2.29. The highest BCUT2D eigenvalue weighted by Crippen LogP contribution is 2.27. The van der Waals surface area contributed by atoms with Crippen molar-refractivity contribution >= 4 is 17.7 Å². The van der Waals surface area contributed by atoms with Crippen LogP contribution in [0.3, 0.4) is 0 Å². The zero-order chi connectivity index (χ0) is 14.7. The first kappa shape index (κ1) is 14.9. The van der Waals surface area contributed by atoms with E-state index in [0.29, 0.717) is 11.3 Å². The minimum absolute atomic E-state index is 0.125. The molecule has 1 heterocycles. The molecular formula is C17H24N2OS. The molecule has 21 heavy (non-hydrogen) atoms. The second-order valence-electron chi connectivity index (χ2n) is 6.06. The quantitative estimate of drug-likeness (QED) is 0.902. The number of rotatable bonds is 3. The number of hydrogen-bond donors (Lipinski definition) is 2. The fourth-order valence-electron chi connectivity index (χ4n) is 3.50. The Morgan fingerprint density at radius 3 is 3.14 bits per heavy atom. The average molecular weight is 304 g/mol. The third kappa shape index (κ3) is 3.43. The Balaban J connectivity index is 1.71. The smallest absolute Gasteiger partial charge is 0.251 e. The molecular weight excluding hydrogens is 280 g/mol. The highest BCUT2D eigenvalue weighted by molar-refractivity contribution is 7.99. The molecule has 1 aliphatic heterocycles. The molecule has 114 valence electrons. The van der Waals surface area contributed by atoms with E-state index in [-0.39, 0.29) is 5.91 Å². The second kappa shape index (κ2) is 6.84. The van der Waals surface area contributed by atoms with Gasteiger partial charge in [-0.1, -0.05) is 18.6 Å². The van der Waals surface area contributed by atoms with E-state index >= 15 is 0 Å². The molecule has 2 aliphatic rings. The first-order chi connectivity index (χ1) is 10.3. The summed E-state index contributed by atoms with van der Waals surface area (Å²) in [5.74, 6) is 0.125. The standard InChI is InChI=1S/C17H24N2OS/c1-21-14-6-3-5-13(10-14)19-17(20)16-7-2-4-12-11-18-9-8-15(12)16/h2,4,7,13-14,18H,3,5-6,8-11H2,1H3,(H,19,20). The molecule has 2 unspecified atom stereocenters. The molecule has 1 aromatic carbocycles. The molecule has 2 N–H and O–H groups in total. The number of hydrogen-bond acceptors (Lipinski definition) is 3. The molecule has 1 aliphatic carbocycles. The SMILES string of the molecule is CSC1CCCC(NC(=O)c2cccc3c2CCNC3)C1. The number of fused-ring (bicyclic) bond motifs is 1. The minimum atomic E-state index is 0.125. The Morgan fingerprint density at radius 1 is 1.38 bits per heavy atom. The summed E-state index contributed by atoms with van der Waals surface area (Å²) in [7, 11) is 0. The van der Waals surface area contributed by atoms with E-state index < -0.39 is 0 Å². The van der Waals surface area contributed by atoms with E-state index in [2.05, 4.69) is 23.0 Å². The van der Waals surface area contributed by atoms with E-state index in [4.69, 9.17) is 0 Å². The van der Waals surface area contributed by atoms with Gasteiger partial charge in [-0.05, 0) is 55.7 Å². The number of carbonyl (C=O) groups excluding carboxylic acids is 1. The van der Waals surface area contributed by atoms with Gasteiger partial charge in [0.05, 0.1) is 0 Å². The van der Waals surface area contributed by atoms with E-state index in [9.17, 15) is 4.79 Å². The molecule has 1 aromatic rings. The van der Waals surface area contributed by atoms with Gasteiger partial charge in [-0.15, -0.1) is 0 Å². The summed E-state index contributed by atoms with van der Waals surface area (Å²) in [6.45, 7) is 1.85. The predicted molar refractivity (Wildman–Crippen MR) is 88.9 cm³/mol. The molecule has 3 rings (SSSR count). The van der Waals surface area contributed by atoms with Crippen molar-refractivity contribution in [2.75, 3.05) is 12.8 Å². The number of benzene rings is 1. The molecule has 2 atom stereocenters. The Morgan fingerprint density at radius 2 is 2.29 bits per heavy atom. The maximum Gasteiger partial charge on any atom is 0.251 e. The van der Waals surface area contributed by atoms with Crippen molar-refractivity contribution in [3.8, 4) is 0 Å². The van der Waals surface area contributed by atoms with Crippen LogP contribution in [0.1, 0.15) is 47.2 Å². The van der Waals surface area contributed by atoms with Crippen LogP contribution in [0.4, 0.5) is 0 Å². The summed E-state index contributed by atoms with van der Waals surface area (Å²) in [6.07, 6.45) is 7.89. The first-order valence-corrected chi connectivity index (χ1v) is 9.22. The third-order valence-electron chi connectivity index (χ3n) is 4.68. The first-order valence-electron chi connectivity index (χ1n) is 7.93. The van der Waals surface area contributed by atoms with Crippen molar-refractivity contribution in [3.63, 3.8) is 0 Å².